The summed E-state index contributed by atoms with van der Waals surface area (Å²) in [6.45, 7) is 0.265. The summed E-state index contributed by atoms with van der Waals surface area (Å²) < 4.78 is 19.6. The quantitative estimate of drug-likeness (QED) is 0.313. The molecular formula is C27H19Cl2FN2O2. The maximum absolute atomic E-state index is 13.6. The fraction of sp³-hybridized carbons (Fsp3) is 0.0741. The Kier molecular flexibility index (Phi) is 6.14. The number of ether oxygens (including phenoxy) is 1. The van der Waals surface area contributed by atoms with Gasteiger partial charge in [0.05, 0.1) is 5.56 Å². The van der Waals surface area contributed by atoms with Crippen LogP contribution in [0.4, 0.5) is 15.8 Å². The van der Waals surface area contributed by atoms with E-state index in [2.05, 4.69) is 5.32 Å². The van der Waals surface area contributed by atoms with Gasteiger partial charge in [-0.15, -0.1) is 0 Å². The third-order valence-corrected chi connectivity index (χ3v) is 6.20. The van der Waals surface area contributed by atoms with E-state index in [1.807, 2.05) is 48.5 Å². The highest BCUT2D eigenvalue weighted by Gasteiger charge is 2.34. The van der Waals surface area contributed by atoms with Gasteiger partial charge in [-0.05, 0) is 66.2 Å². The molecule has 34 heavy (non-hydrogen) atoms. The van der Waals surface area contributed by atoms with E-state index in [1.54, 1.807) is 35.2 Å². The molecular weight excluding hydrogens is 474 g/mol. The molecule has 5 rings (SSSR count). The summed E-state index contributed by atoms with van der Waals surface area (Å²) in [5, 5.41) is 4.53. The fourth-order valence-electron chi connectivity index (χ4n) is 3.93. The topological polar surface area (TPSA) is 41.6 Å². The predicted octanol–water partition coefficient (Wildman–Crippen LogP) is 7.48. The SMILES string of the molecule is O=C1c2ccccc2N[C@H](c2cccc(OCc3ccc(Cl)cc3Cl)c2)N1c1ccc(F)cc1. The van der Waals surface area contributed by atoms with E-state index >= 15 is 0 Å². The molecule has 1 N–H and O–H groups in total. The average molecular weight is 493 g/mol. The molecule has 0 aliphatic carbocycles. The molecule has 1 amide bonds. The Hall–Kier alpha value is -3.54. The van der Waals surface area contributed by atoms with E-state index in [1.165, 1.54) is 12.1 Å². The number of para-hydroxylation sites is 1. The molecule has 1 heterocycles. The van der Waals surface area contributed by atoms with Crippen LogP contribution in [-0.4, -0.2) is 5.91 Å². The van der Waals surface area contributed by atoms with Crippen molar-refractivity contribution in [3.8, 4) is 5.75 Å². The Morgan fingerprint density at radius 2 is 1.71 bits per heavy atom. The van der Waals surface area contributed by atoms with Crippen LogP contribution in [0.5, 0.6) is 5.75 Å². The van der Waals surface area contributed by atoms with Crippen LogP contribution in [0, 0.1) is 5.82 Å². The standard InChI is InChI=1S/C27H19Cl2FN2O2/c28-19-9-8-18(24(29)15-19)16-34-22-5-3-4-17(14-22)26-31-25-7-2-1-6-23(25)27(33)32(26)21-12-10-20(30)11-13-21/h1-15,26,31H,16H2/t26-/m0/s1. The molecule has 0 bridgehead atoms. The summed E-state index contributed by atoms with van der Waals surface area (Å²) in [7, 11) is 0. The van der Waals surface area contributed by atoms with Crippen molar-refractivity contribution >= 4 is 40.5 Å². The maximum Gasteiger partial charge on any atom is 0.262 e. The van der Waals surface area contributed by atoms with Gasteiger partial charge in [0, 0.05) is 27.0 Å². The van der Waals surface area contributed by atoms with Crippen molar-refractivity contribution in [2.45, 2.75) is 12.8 Å². The van der Waals surface area contributed by atoms with E-state index in [0.29, 0.717) is 27.0 Å². The highest BCUT2D eigenvalue weighted by atomic mass is 35.5. The lowest BCUT2D eigenvalue weighted by Gasteiger charge is -2.38. The molecule has 0 spiro atoms. The molecule has 0 aromatic heterocycles. The Morgan fingerprint density at radius 3 is 2.50 bits per heavy atom. The number of hydrogen-bond donors (Lipinski definition) is 1. The zero-order valence-electron chi connectivity index (χ0n) is 17.8. The van der Waals surface area contributed by atoms with Crippen molar-refractivity contribution in [3.05, 3.63) is 124 Å². The number of rotatable bonds is 5. The number of hydrogen-bond acceptors (Lipinski definition) is 3. The van der Waals surface area contributed by atoms with Gasteiger partial charge in [0.25, 0.3) is 5.91 Å². The summed E-state index contributed by atoms with van der Waals surface area (Å²) in [5.74, 6) is 0.0790. The molecule has 0 saturated heterocycles. The molecule has 0 fully saturated rings. The first-order chi connectivity index (χ1) is 16.5. The summed E-state index contributed by atoms with van der Waals surface area (Å²) in [5.41, 5.74) is 3.48. The summed E-state index contributed by atoms with van der Waals surface area (Å²) in [6.07, 6.45) is -0.518. The Bertz CT molecular complexity index is 1360. The van der Waals surface area contributed by atoms with Crippen molar-refractivity contribution in [1.29, 1.82) is 0 Å². The molecule has 7 heteroatoms. The van der Waals surface area contributed by atoms with Crippen LogP contribution < -0.4 is 15.0 Å². The third-order valence-electron chi connectivity index (χ3n) is 5.61. The van der Waals surface area contributed by atoms with Gasteiger partial charge in [-0.25, -0.2) is 4.39 Å². The van der Waals surface area contributed by atoms with Crippen molar-refractivity contribution in [2.75, 3.05) is 10.2 Å². The number of nitrogens with one attached hydrogen (secondary N) is 1. The zero-order valence-corrected chi connectivity index (χ0v) is 19.4. The fourth-order valence-corrected chi connectivity index (χ4v) is 4.39. The van der Waals surface area contributed by atoms with E-state index < -0.39 is 6.17 Å². The molecule has 1 aliphatic heterocycles. The lowest BCUT2D eigenvalue weighted by Crippen LogP contribution is -2.43. The number of amides is 1. The second-order valence-electron chi connectivity index (χ2n) is 7.84. The number of halogens is 3. The highest BCUT2D eigenvalue weighted by Crippen LogP contribution is 2.37. The number of fused-ring (bicyclic) bond motifs is 1. The second-order valence-corrected chi connectivity index (χ2v) is 8.68. The highest BCUT2D eigenvalue weighted by molar-refractivity contribution is 6.35. The molecule has 0 radical (unpaired) electrons. The molecule has 4 aromatic rings. The number of nitrogens with zero attached hydrogens (tertiary/aromatic N) is 1. The molecule has 0 saturated carbocycles. The first-order valence-corrected chi connectivity index (χ1v) is 11.4. The minimum Gasteiger partial charge on any atom is -0.489 e. The van der Waals surface area contributed by atoms with Crippen LogP contribution in [0.2, 0.25) is 10.0 Å². The monoisotopic (exact) mass is 492 g/mol. The van der Waals surface area contributed by atoms with Crippen molar-refractivity contribution < 1.29 is 13.9 Å². The van der Waals surface area contributed by atoms with Crippen molar-refractivity contribution in [3.63, 3.8) is 0 Å². The van der Waals surface area contributed by atoms with Crippen LogP contribution in [-0.2, 0) is 6.61 Å². The average Bonchev–Trinajstić information content (AvgIpc) is 2.84. The first kappa shape index (κ1) is 22.3. The largest absolute Gasteiger partial charge is 0.489 e. The van der Waals surface area contributed by atoms with Gasteiger partial charge in [-0.2, -0.15) is 0 Å². The van der Waals surface area contributed by atoms with Gasteiger partial charge in [0.15, 0.2) is 0 Å². The van der Waals surface area contributed by atoms with Crippen molar-refractivity contribution in [1.82, 2.24) is 0 Å². The minimum atomic E-state index is -0.518. The van der Waals surface area contributed by atoms with E-state index in [0.717, 1.165) is 16.8 Å². The minimum absolute atomic E-state index is 0.176. The van der Waals surface area contributed by atoms with Crippen LogP contribution in [0.1, 0.15) is 27.7 Å². The first-order valence-electron chi connectivity index (χ1n) is 10.6. The third kappa shape index (κ3) is 4.45. The van der Waals surface area contributed by atoms with Crippen LogP contribution in [0.3, 0.4) is 0 Å². The normalized spacial score (nSPS) is 15.0. The second kappa shape index (κ2) is 9.37. The van der Waals surface area contributed by atoms with E-state index in [9.17, 15) is 9.18 Å². The van der Waals surface area contributed by atoms with Gasteiger partial charge >= 0.3 is 0 Å². The lowest BCUT2D eigenvalue weighted by atomic mass is 10.0. The number of carbonyl (C=O) groups excluding carboxylic acids is 1. The van der Waals surface area contributed by atoms with E-state index in [4.69, 9.17) is 27.9 Å². The Balaban J connectivity index is 1.48. The van der Waals surface area contributed by atoms with Gasteiger partial charge in [-0.1, -0.05) is 53.5 Å². The molecule has 4 nitrogen and oxygen atoms in total. The number of carbonyl (C=O) groups is 1. The predicted molar refractivity (Wildman–Crippen MR) is 133 cm³/mol. The molecule has 1 aliphatic rings. The Morgan fingerprint density at radius 1 is 0.912 bits per heavy atom. The number of anilines is 2. The van der Waals surface area contributed by atoms with Gasteiger partial charge < -0.3 is 10.1 Å². The van der Waals surface area contributed by atoms with Crippen LogP contribution in [0.15, 0.2) is 91.0 Å². The number of benzene rings is 4. The summed E-state index contributed by atoms with van der Waals surface area (Å²) in [6, 6.07) is 26.0. The summed E-state index contributed by atoms with van der Waals surface area (Å²) in [4.78, 5) is 15.1. The Labute approximate surface area is 206 Å². The van der Waals surface area contributed by atoms with Crippen LogP contribution in [0.25, 0.3) is 0 Å². The lowest BCUT2D eigenvalue weighted by molar-refractivity contribution is 0.0975. The zero-order chi connectivity index (χ0) is 23.7. The molecule has 0 unspecified atom stereocenters. The van der Waals surface area contributed by atoms with Crippen molar-refractivity contribution in [2.24, 2.45) is 0 Å². The van der Waals surface area contributed by atoms with Crippen LogP contribution >= 0.6 is 23.2 Å². The molecule has 170 valence electrons. The maximum atomic E-state index is 13.6. The molecule has 4 aromatic carbocycles. The van der Waals surface area contributed by atoms with Gasteiger partial charge in [0.2, 0.25) is 0 Å². The van der Waals surface area contributed by atoms with Gasteiger partial charge in [0.1, 0.15) is 24.3 Å². The van der Waals surface area contributed by atoms with Gasteiger partial charge in [-0.3, -0.25) is 9.69 Å². The smallest absolute Gasteiger partial charge is 0.262 e. The van der Waals surface area contributed by atoms with E-state index in [-0.39, 0.29) is 18.3 Å². The molecule has 1 atom stereocenters. The summed E-state index contributed by atoms with van der Waals surface area (Å²) >= 11 is 12.2.